The molecule has 2 N–H and O–H groups in total. The third-order valence-corrected chi connectivity index (χ3v) is 5.74. The second-order valence-corrected chi connectivity index (χ2v) is 6.84. The van der Waals surface area contributed by atoms with Crippen molar-refractivity contribution in [2.75, 3.05) is 0 Å². The van der Waals surface area contributed by atoms with Crippen LogP contribution in [0.2, 0.25) is 0 Å². The molecule has 0 amide bonds. The maximum Gasteiger partial charge on any atom is 0.0763 e. The fourth-order valence-corrected chi connectivity index (χ4v) is 5.36. The Balaban J connectivity index is 1.69. The van der Waals surface area contributed by atoms with Crippen LogP contribution < -0.4 is 5.73 Å². The zero-order valence-corrected chi connectivity index (χ0v) is 11.2. The predicted octanol–water partition coefficient (Wildman–Crippen LogP) is 2.42. The normalized spacial score (nSPS) is 41.6. The summed E-state index contributed by atoms with van der Waals surface area (Å²) < 4.78 is 2.11. The number of hydrogen-bond donors (Lipinski definition) is 1. The van der Waals surface area contributed by atoms with Gasteiger partial charge in [-0.1, -0.05) is 0 Å². The van der Waals surface area contributed by atoms with Crippen molar-refractivity contribution >= 4 is 0 Å². The van der Waals surface area contributed by atoms with Crippen LogP contribution in [0.5, 0.6) is 0 Å². The van der Waals surface area contributed by atoms with Gasteiger partial charge in [0.1, 0.15) is 0 Å². The van der Waals surface area contributed by atoms with Gasteiger partial charge in [-0.3, -0.25) is 4.68 Å². The van der Waals surface area contributed by atoms with Crippen molar-refractivity contribution < 1.29 is 0 Å². The van der Waals surface area contributed by atoms with Gasteiger partial charge in [0.15, 0.2) is 0 Å². The molecule has 0 spiro atoms. The molecule has 98 valence electrons. The molecule has 5 rings (SSSR count). The number of aromatic nitrogens is 2. The van der Waals surface area contributed by atoms with E-state index in [2.05, 4.69) is 22.9 Å². The lowest BCUT2D eigenvalue weighted by atomic mass is 9.51. The highest BCUT2D eigenvalue weighted by Crippen LogP contribution is 2.59. The van der Waals surface area contributed by atoms with E-state index in [1.54, 1.807) is 0 Å². The Morgan fingerprint density at radius 3 is 2.28 bits per heavy atom. The summed E-state index contributed by atoms with van der Waals surface area (Å²) in [5.41, 5.74) is 8.25. The van der Waals surface area contributed by atoms with E-state index in [0.29, 0.717) is 6.54 Å². The molecule has 1 aromatic heterocycles. The van der Waals surface area contributed by atoms with Crippen molar-refractivity contribution in [3.8, 4) is 0 Å². The van der Waals surface area contributed by atoms with Gasteiger partial charge in [0, 0.05) is 25.2 Å². The van der Waals surface area contributed by atoms with Crippen molar-refractivity contribution in [1.29, 1.82) is 0 Å². The van der Waals surface area contributed by atoms with Crippen LogP contribution in [0.25, 0.3) is 0 Å². The Kier molecular flexibility index (Phi) is 2.35. The van der Waals surface area contributed by atoms with Crippen LogP contribution in [0.3, 0.4) is 0 Å². The fraction of sp³-hybridized carbons (Fsp3) is 0.800. The summed E-state index contributed by atoms with van der Waals surface area (Å²) in [7, 11) is 2.10. The molecule has 4 bridgehead atoms. The van der Waals surface area contributed by atoms with Gasteiger partial charge in [-0.15, -0.1) is 0 Å². The highest BCUT2D eigenvalue weighted by molar-refractivity contribution is 5.20. The second-order valence-electron chi connectivity index (χ2n) is 6.84. The van der Waals surface area contributed by atoms with Gasteiger partial charge in [-0.2, -0.15) is 5.10 Å². The quantitative estimate of drug-likeness (QED) is 0.869. The Hall–Kier alpha value is -0.830. The van der Waals surface area contributed by atoms with Gasteiger partial charge in [-0.25, -0.2) is 0 Å². The minimum Gasteiger partial charge on any atom is -0.325 e. The predicted molar refractivity (Wildman–Crippen MR) is 70.9 cm³/mol. The Morgan fingerprint density at radius 1 is 1.17 bits per heavy atom. The minimum atomic E-state index is 0.571. The molecule has 0 aliphatic heterocycles. The SMILES string of the molecule is Cn1nc(CN)cc1C1C2CC3CC(C2)CC1C3. The Labute approximate surface area is 109 Å². The standard InChI is InChI=1S/C15H23N3/c1-18-14(7-13(8-16)17-18)15-11-3-9-2-10(5-11)6-12(15)4-9/h7,9-12,15H,2-6,8,16H2,1H3. The van der Waals surface area contributed by atoms with Crippen molar-refractivity contribution in [3.05, 3.63) is 17.5 Å². The number of rotatable bonds is 2. The Morgan fingerprint density at radius 2 is 1.78 bits per heavy atom. The average molecular weight is 245 g/mol. The van der Waals surface area contributed by atoms with E-state index in [9.17, 15) is 0 Å². The lowest BCUT2D eigenvalue weighted by molar-refractivity contribution is -0.00533. The monoisotopic (exact) mass is 245 g/mol. The molecule has 0 radical (unpaired) electrons. The van der Waals surface area contributed by atoms with E-state index >= 15 is 0 Å². The number of nitrogens with two attached hydrogens (primary N) is 1. The number of aryl methyl sites for hydroxylation is 1. The lowest BCUT2D eigenvalue weighted by Crippen LogP contribution is -2.44. The summed E-state index contributed by atoms with van der Waals surface area (Å²) >= 11 is 0. The van der Waals surface area contributed by atoms with Crippen molar-refractivity contribution in [2.45, 2.75) is 44.6 Å². The first-order chi connectivity index (χ1) is 8.74. The molecular formula is C15H23N3. The molecule has 0 unspecified atom stereocenters. The second kappa shape index (κ2) is 3.83. The highest BCUT2D eigenvalue weighted by atomic mass is 15.3. The van der Waals surface area contributed by atoms with Crippen LogP contribution >= 0.6 is 0 Å². The molecule has 3 nitrogen and oxygen atoms in total. The average Bonchev–Trinajstić information content (AvgIpc) is 2.69. The van der Waals surface area contributed by atoms with Crippen LogP contribution in [0.15, 0.2) is 6.07 Å². The van der Waals surface area contributed by atoms with Crippen molar-refractivity contribution in [3.63, 3.8) is 0 Å². The molecule has 0 atom stereocenters. The van der Waals surface area contributed by atoms with Gasteiger partial charge in [-0.05, 0) is 61.8 Å². The molecule has 4 aliphatic carbocycles. The zero-order chi connectivity index (χ0) is 12.3. The molecule has 3 heteroatoms. The van der Waals surface area contributed by atoms with Gasteiger partial charge < -0.3 is 5.73 Å². The fourth-order valence-electron chi connectivity index (χ4n) is 5.36. The van der Waals surface area contributed by atoms with Crippen molar-refractivity contribution in [1.82, 2.24) is 9.78 Å². The first-order valence-electron chi connectivity index (χ1n) is 7.47. The van der Waals surface area contributed by atoms with E-state index in [4.69, 9.17) is 5.73 Å². The van der Waals surface area contributed by atoms with Gasteiger partial charge in [0.05, 0.1) is 5.69 Å². The van der Waals surface area contributed by atoms with Gasteiger partial charge in [0.2, 0.25) is 0 Å². The van der Waals surface area contributed by atoms with Crippen LogP contribution in [-0.2, 0) is 13.6 Å². The third-order valence-electron chi connectivity index (χ3n) is 5.74. The Bertz CT molecular complexity index is 434. The minimum absolute atomic E-state index is 0.571. The molecule has 4 fully saturated rings. The van der Waals surface area contributed by atoms with Crippen molar-refractivity contribution in [2.24, 2.45) is 36.5 Å². The maximum absolute atomic E-state index is 5.73. The summed E-state index contributed by atoms with van der Waals surface area (Å²) in [6.45, 7) is 0.571. The molecular weight excluding hydrogens is 222 g/mol. The summed E-state index contributed by atoms with van der Waals surface area (Å²) in [6.07, 6.45) is 7.42. The first-order valence-corrected chi connectivity index (χ1v) is 7.47. The van der Waals surface area contributed by atoms with E-state index in [-0.39, 0.29) is 0 Å². The summed E-state index contributed by atoms with van der Waals surface area (Å²) in [4.78, 5) is 0. The van der Waals surface area contributed by atoms with Crippen LogP contribution in [0, 0.1) is 23.7 Å². The molecule has 4 saturated carbocycles. The summed E-state index contributed by atoms with van der Waals surface area (Å²) in [5, 5.41) is 4.55. The first kappa shape index (κ1) is 11.0. The van der Waals surface area contributed by atoms with E-state index in [1.165, 1.54) is 37.8 Å². The van der Waals surface area contributed by atoms with Crippen LogP contribution in [0.1, 0.15) is 49.4 Å². The smallest absolute Gasteiger partial charge is 0.0763 e. The molecule has 18 heavy (non-hydrogen) atoms. The maximum atomic E-state index is 5.73. The van der Waals surface area contributed by atoms with E-state index < -0.39 is 0 Å². The summed E-state index contributed by atoms with van der Waals surface area (Å²) in [5.74, 6) is 4.73. The molecule has 0 aromatic carbocycles. The number of hydrogen-bond acceptors (Lipinski definition) is 2. The van der Waals surface area contributed by atoms with E-state index in [0.717, 1.165) is 35.3 Å². The lowest BCUT2D eigenvalue weighted by Gasteiger charge is -2.54. The molecule has 1 aromatic rings. The van der Waals surface area contributed by atoms with Crippen LogP contribution in [0.4, 0.5) is 0 Å². The molecule has 1 heterocycles. The topological polar surface area (TPSA) is 43.8 Å². The third kappa shape index (κ3) is 1.49. The molecule has 4 aliphatic rings. The largest absolute Gasteiger partial charge is 0.325 e. The van der Waals surface area contributed by atoms with E-state index in [1.807, 2.05) is 0 Å². The van der Waals surface area contributed by atoms with Gasteiger partial charge >= 0.3 is 0 Å². The highest BCUT2D eigenvalue weighted by Gasteiger charge is 2.49. The van der Waals surface area contributed by atoms with Crippen LogP contribution in [-0.4, -0.2) is 9.78 Å². The van der Waals surface area contributed by atoms with Gasteiger partial charge in [0.25, 0.3) is 0 Å². The zero-order valence-electron chi connectivity index (χ0n) is 11.2. The summed E-state index contributed by atoms with van der Waals surface area (Å²) in [6, 6.07) is 2.27. The molecule has 0 saturated heterocycles. The number of nitrogens with zero attached hydrogens (tertiary/aromatic N) is 2.